The van der Waals surface area contributed by atoms with E-state index in [4.69, 9.17) is 0 Å². The van der Waals surface area contributed by atoms with Gasteiger partial charge in [-0.15, -0.1) is 0 Å². The molecule has 0 aromatic rings. The van der Waals surface area contributed by atoms with Gasteiger partial charge in [0, 0.05) is 5.92 Å². The molecule has 0 saturated carbocycles. The van der Waals surface area contributed by atoms with Crippen LogP contribution in [0.2, 0.25) is 0 Å². The third-order valence-corrected chi connectivity index (χ3v) is 1.96. The number of Topliss-reactive ketones (excluding diaryl/α,β-unsaturated/α-hetero) is 1. The molecular weight excluding hydrogens is 140 g/mol. The maximum absolute atomic E-state index is 10.9. The third kappa shape index (κ3) is 1.70. The van der Waals surface area contributed by atoms with Crippen LogP contribution in [0.1, 0.15) is 20.3 Å². The normalized spacial score (nSPS) is 24.0. The second-order valence-corrected chi connectivity index (χ2v) is 2.89. The summed E-state index contributed by atoms with van der Waals surface area (Å²) in [6.07, 6.45) is 4.24. The molecule has 1 atom stereocenters. The zero-order chi connectivity index (χ0) is 8.43. The molecule has 1 rings (SSSR count). The molecule has 1 aliphatic rings. The molecule has 0 heterocycles. The van der Waals surface area contributed by atoms with Crippen LogP contribution >= 0.6 is 0 Å². The number of carbonyl (C=O) groups excluding carboxylic acids is 1. The van der Waals surface area contributed by atoms with E-state index in [2.05, 4.69) is 0 Å². The molecule has 0 aliphatic heterocycles. The van der Waals surface area contributed by atoms with Crippen molar-refractivity contribution >= 4 is 5.78 Å². The number of ketones is 1. The molecule has 60 valence electrons. The summed E-state index contributed by atoms with van der Waals surface area (Å²) in [5.74, 6) is 0.246. The molecule has 0 fully saturated rings. The standard InChI is InChI=1S/C9H12O2/c1-6-3-4-8(7(2)10)5-9(6)11/h3,5,8,11H,4H2,1-2H3. The van der Waals surface area contributed by atoms with Gasteiger partial charge in [0.05, 0.1) is 0 Å². The molecule has 0 radical (unpaired) electrons. The third-order valence-electron chi connectivity index (χ3n) is 1.96. The van der Waals surface area contributed by atoms with Crippen LogP contribution in [0, 0.1) is 5.92 Å². The van der Waals surface area contributed by atoms with Crippen LogP contribution in [0.25, 0.3) is 0 Å². The number of rotatable bonds is 1. The highest BCUT2D eigenvalue weighted by Crippen LogP contribution is 2.20. The second-order valence-electron chi connectivity index (χ2n) is 2.89. The summed E-state index contributed by atoms with van der Waals surface area (Å²) in [6, 6.07) is 0. The van der Waals surface area contributed by atoms with Gasteiger partial charge >= 0.3 is 0 Å². The minimum Gasteiger partial charge on any atom is -0.508 e. The minimum absolute atomic E-state index is 0.111. The zero-order valence-electron chi connectivity index (χ0n) is 6.79. The fourth-order valence-corrected chi connectivity index (χ4v) is 1.08. The highest BCUT2D eigenvalue weighted by Gasteiger charge is 2.15. The number of aliphatic hydroxyl groups excluding tert-OH is 1. The van der Waals surface area contributed by atoms with E-state index < -0.39 is 0 Å². The van der Waals surface area contributed by atoms with E-state index in [1.54, 1.807) is 13.0 Å². The van der Waals surface area contributed by atoms with Gasteiger partial charge in [-0.3, -0.25) is 4.79 Å². The average molecular weight is 152 g/mol. The molecule has 0 aromatic carbocycles. The molecule has 0 aromatic heterocycles. The van der Waals surface area contributed by atoms with Gasteiger partial charge in [0.25, 0.3) is 0 Å². The van der Waals surface area contributed by atoms with Crippen LogP contribution in [0.4, 0.5) is 0 Å². The molecule has 1 N–H and O–H groups in total. The van der Waals surface area contributed by atoms with Crippen LogP contribution < -0.4 is 0 Å². The Morgan fingerprint density at radius 3 is 2.82 bits per heavy atom. The first-order valence-corrected chi connectivity index (χ1v) is 3.69. The van der Waals surface area contributed by atoms with Gasteiger partial charge in [0.2, 0.25) is 0 Å². The first kappa shape index (κ1) is 8.05. The molecule has 1 aliphatic carbocycles. The Bertz CT molecular complexity index is 236. The Kier molecular flexibility index (Phi) is 2.13. The number of hydrogen-bond donors (Lipinski definition) is 1. The van der Waals surface area contributed by atoms with E-state index in [1.807, 2.05) is 13.0 Å². The van der Waals surface area contributed by atoms with Gasteiger partial charge in [-0.2, -0.15) is 0 Å². The van der Waals surface area contributed by atoms with Crippen LogP contribution in [-0.4, -0.2) is 10.9 Å². The van der Waals surface area contributed by atoms with Gasteiger partial charge in [0.1, 0.15) is 11.5 Å². The molecule has 0 saturated heterocycles. The SMILES string of the molecule is CC(=O)C1C=C(O)C(C)=CC1. The number of hydrogen-bond acceptors (Lipinski definition) is 2. The van der Waals surface area contributed by atoms with Crippen LogP contribution in [0.15, 0.2) is 23.5 Å². The highest BCUT2D eigenvalue weighted by atomic mass is 16.3. The van der Waals surface area contributed by atoms with E-state index in [-0.39, 0.29) is 17.5 Å². The van der Waals surface area contributed by atoms with Crippen molar-refractivity contribution < 1.29 is 9.90 Å². The first-order chi connectivity index (χ1) is 5.11. The molecule has 1 unspecified atom stereocenters. The van der Waals surface area contributed by atoms with Gasteiger partial charge in [-0.25, -0.2) is 0 Å². The summed E-state index contributed by atoms with van der Waals surface area (Å²) in [7, 11) is 0. The Balaban J connectivity index is 2.77. The molecule has 2 nitrogen and oxygen atoms in total. The number of aliphatic hydroxyl groups is 1. The van der Waals surface area contributed by atoms with Crippen LogP contribution in [0.3, 0.4) is 0 Å². The quantitative estimate of drug-likeness (QED) is 0.623. The molecule has 0 amide bonds. The average Bonchev–Trinajstić information content (AvgIpc) is 1.94. The molecule has 0 bridgehead atoms. The summed E-state index contributed by atoms with van der Waals surface area (Å²) < 4.78 is 0. The van der Waals surface area contributed by atoms with Crippen molar-refractivity contribution in [2.24, 2.45) is 5.92 Å². The molecule has 0 spiro atoms. The summed E-state index contributed by atoms with van der Waals surface area (Å²) in [4.78, 5) is 10.9. The van der Waals surface area contributed by atoms with Crippen LogP contribution in [-0.2, 0) is 4.79 Å². The second kappa shape index (κ2) is 2.91. The number of allylic oxidation sites excluding steroid dienone is 3. The lowest BCUT2D eigenvalue weighted by Crippen LogP contribution is -2.11. The predicted molar refractivity (Wildman–Crippen MR) is 43.3 cm³/mol. The maximum atomic E-state index is 10.9. The highest BCUT2D eigenvalue weighted by molar-refractivity contribution is 5.80. The molecule has 2 heteroatoms. The maximum Gasteiger partial charge on any atom is 0.137 e. The fraction of sp³-hybridized carbons (Fsp3) is 0.444. The van der Waals surface area contributed by atoms with E-state index in [1.165, 1.54) is 0 Å². The zero-order valence-corrected chi connectivity index (χ0v) is 6.79. The monoisotopic (exact) mass is 152 g/mol. The lowest BCUT2D eigenvalue weighted by Gasteiger charge is -2.13. The molecule has 11 heavy (non-hydrogen) atoms. The largest absolute Gasteiger partial charge is 0.508 e. The van der Waals surface area contributed by atoms with Crippen molar-refractivity contribution in [1.82, 2.24) is 0 Å². The predicted octanol–water partition coefficient (Wildman–Crippen LogP) is 1.98. The van der Waals surface area contributed by atoms with E-state index in [0.29, 0.717) is 0 Å². The Morgan fingerprint density at radius 2 is 2.36 bits per heavy atom. The van der Waals surface area contributed by atoms with E-state index in [9.17, 15) is 9.90 Å². The number of carbonyl (C=O) groups is 1. The Labute approximate surface area is 66.2 Å². The summed E-state index contributed by atoms with van der Waals surface area (Å²) in [5, 5.41) is 9.24. The van der Waals surface area contributed by atoms with Crippen molar-refractivity contribution in [3.63, 3.8) is 0 Å². The Hall–Kier alpha value is -1.05. The smallest absolute Gasteiger partial charge is 0.137 e. The van der Waals surface area contributed by atoms with Gasteiger partial charge in [-0.1, -0.05) is 6.08 Å². The van der Waals surface area contributed by atoms with E-state index in [0.717, 1.165) is 12.0 Å². The van der Waals surface area contributed by atoms with Crippen molar-refractivity contribution in [3.8, 4) is 0 Å². The van der Waals surface area contributed by atoms with Crippen LogP contribution in [0.5, 0.6) is 0 Å². The minimum atomic E-state index is -0.112. The summed E-state index contributed by atoms with van der Waals surface area (Å²) in [5.41, 5.74) is 0.863. The van der Waals surface area contributed by atoms with Gasteiger partial charge in [0.15, 0.2) is 0 Å². The summed E-state index contributed by atoms with van der Waals surface area (Å²) >= 11 is 0. The lowest BCUT2D eigenvalue weighted by molar-refractivity contribution is -0.119. The van der Waals surface area contributed by atoms with Crippen molar-refractivity contribution in [2.75, 3.05) is 0 Å². The van der Waals surface area contributed by atoms with Crippen molar-refractivity contribution in [1.29, 1.82) is 0 Å². The van der Waals surface area contributed by atoms with Crippen molar-refractivity contribution in [3.05, 3.63) is 23.5 Å². The van der Waals surface area contributed by atoms with Gasteiger partial charge < -0.3 is 5.11 Å². The van der Waals surface area contributed by atoms with E-state index >= 15 is 0 Å². The fourth-order valence-electron chi connectivity index (χ4n) is 1.08. The Morgan fingerprint density at radius 1 is 1.73 bits per heavy atom. The first-order valence-electron chi connectivity index (χ1n) is 3.69. The topological polar surface area (TPSA) is 37.3 Å². The van der Waals surface area contributed by atoms with Gasteiger partial charge in [-0.05, 0) is 31.9 Å². The summed E-state index contributed by atoms with van der Waals surface area (Å²) in [6.45, 7) is 3.38. The molecular formula is C9H12O2. The van der Waals surface area contributed by atoms with Crippen molar-refractivity contribution in [2.45, 2.75) is 20.3 Å². The lowest BCUT2D eigenvalue weighted by atomic mass is 9.93.